The van der Waals surface area contributed by atoms with Gasteiger partial charge in [0.15, 0.2) is 0 Å². The van der Waals surface area contributed by atoms with Gasteiger partial charge in [-0.2, -0.15) is 5.26 Å². The first kappa shape index (κ1) is 27.5. The number of hydrogen-bond acceptors (Lipinski definition) is 7. The van der Waals surface area contributed by atoms with Crippen LogP contribution >= 0.6 is 0 Å². The molecule has 3 aromatic rings. The van der Waals surface area contributed by atoms with Gasteiger partial charge in [0.1, 0.15) is 17.2 Å². The number of nitriles is 1. The van der Waals surface area contributed by atoms with Gasteiger partial charge >= 0.3 is 0 Å². The molecule has 0 aromatic heterocycles. The van der Waals surface area contributed by atoms with Gasteiger partial charge in [-0.25, -0.2) is 0 Å². The number of nitrogens with zero attached hydrogens (tertiary/aromatic N) is 1. The molecule has 0 bridgehead atoms. The predicted molar refractivity (Wildman–Crippen MR) is 149 cm³/mol. The second-order valence-electron chi connectivity index (χ2n) is 9.53. The summed E-state index contributed by atoms with van der Waals surface area (Å²) in [6.07, 6.45) is 2.69. The first-order valence-electron chi connectivity index (χ1n) is 13.3. The van der Waals surface area contributed by atoms with Gasteiger partial charge in [0.2, 0.25) is 0 Å². The predicted octanol–water partition coefficient (Wildman–Crippen LogP) is 5.73. The second kappa shape index (κ2) is 13.8. The molecule has 7 nitrogen and oxygen atoms in total. The van der Waals surface area contributed by atoms with Crippen molar-refractivity contribution < 1.29 is 19.3 Å². The van der Waals surface area contributed by atoms with Crippen molar-refractivity contribution in [3.05, 3.63) is 82.9 Å². The monoisotopic (exact) mass is 515 g/mol. The Labute approximate surface area is 225 Å². The molecule has 4 rings (SSSR count). The normalized spacial score (nSPS) is 17.1. The molecule has 0 amide bonds. The molecule has 1 saturated heterocycles. The van der Waals surface area contributed by atoms with Crippen molar-refractivity contribution in [1.29, 1.82) is 5.26 Å². The molecule has 0 radical (unpaired) electrons. The topological polar surface area (TPSA) is 95.8 Å². The quantitative estimate of drug-likeness (QED) is 0.209. The molecule has 0 saturated carbocycles. The van der Waals surface area contributed by atoms with Gasteiger partial charge in [-0.05, 0) is 78.9 Å². The summed E-state index contributed by atoms with van der Waals surface area (Å²) < 4.78 is 17.5. The van der Waals surface area contributed by atoms with Crippen LogP contribution in [-0.4, -0.2) is 44.6 Å². The van der Waals surface area contributed by atoms with Crippen molar-refractivity contribution >= 4 is 5.69 Å². The van der Waals surface area contributed by atoms with Crippen molar-refractivity contribution in [2.45, 2.75) is 44.8 Å². The lowest BCUT2D eigenvalue weighted by Crippen LogP contribution is -2.40. The summed E-state index contributed by atoms with van der Waals surface area (Å²) >= 11 is 0. The van der Waals surface area contributed by atoms with Crippen LogP contribution in [0, 0.1) is 11.3 Å². The maximum atomic E-state index is 10.2. The third-order valence-corrected chi connectivity index (χ3v) is 6.92. The van der Waals surface area contributed by atoms with Gasteiger partial charge in [-0.15, -0.1) is 0 Å². The molecule has 1 fully saturated rings. The van der Waals surface area contributed by atoms with Gasteiger partial charge in [-0.1, -0.05) is 31.2 Å². The molecule has 7 heteroatoms. The van der Waals surface area contributed by atoms with E-state index < -0.39 is 0 Å². The lowest BCUT2D eigenvalue weighted by molar-refractivity contribution is 0.0106. The highest BCUT2D eigenvalue weighted by Crippen LogP contribution is 2.32. The van der Waals surface area contributed by atoms with Crippen molar-refractivity contribution in [3.8, 4) is 23.3 Å². The Kier molecular flexibility index (Phi) is 9.99. The van der Waals surface area contributed by atoms with Crippen LogP contribution in [0.4, 0.5) is 5.69 Å². The summed E-state index contributed by atoms with van der Waals surface area (Å²) in [5, 5.41) is 26.3. The molecule has 0 aliphatic carbocycles. The Morgan fingerprint density at radius 2 is 1.89 bits per heavy atom. The fraction of sp³-hybridized carbons (Fsp3) is 0.387. The van der Waals surface area contributed by atoms with Crippen LogP contribution < -0.4 is 15.4 Å². The average Bonchev–Trinajstić information content (AvgIpc) is 2.96. The number of piperidine rings is 1. The maximum Gasteiger partial charge on any atom is 0.138 e. The second-order valence-corrected chi connectivity index (χ2v) is 9.53. The lowest BCUT2D eigenvalue weighted by atomic mass is 9.87. The fourth-order valence-electron chi connectivity index (χ4n) is 4.79. The zero-order valence-corrected chi connectivity index (χ0v) is 22.2. The third-order valence-electron chi connectivity index (χ3n) is 6.92. The molecule has 200 valence electrons. The standard InChI is InChI=1S/C31H37N3O4/c1-3-23-6-11-27(18-25(23)19-32)38-26-9-7-24(8-10-26)28-13-15-33-20-31(28)37-21-22-5-12-30(35)29(17-22)34-14-4-16-36-2/h5-12,17-18,28,31,33-35H,3-4,13-16,20-21H2,1-2H3/t28-,31?/m1/s1. The fourth-order valence-corrected chi connectivity index (χ4v) is 4.79. The Bertz CT molecular complexity index is 1220. The van der Waals surface area contributed by atoms with Gasteiger partial charge < -0.3 is 30.0 Å². The summed E-state index contributed by atoms with van der Waals surface area (Å²) in [5.41, 5.74) is 4.61. The summed E-state index contributed by atoms with van der Waals surface area (Å²) in [5.74, 6) is 1.90. The van der Waals surface area contributed by atoms with E-state index in [4.69, 9.17) is 14.2 Å². The minimum atomic E-state index is 0.0298. The number of anilines is 1. The number of rotatable bonds is 12. The van der Waals surface area contributed by atoms with E-state index in [1.165, 1.54) is 5.56 Å². The minimum absolute atomic E-state index is 0.0298. The Hall–Kier alpha value is -3.57. The number of aromatic hydroxyl groups is 1. The highest BCUT2D eigenvalue weighted by atomic mass is 16.5. The number of phenols is 1. The minimum Gasteiger partial charge on any atom is -0.506 e. The molecule has 1 aliphatic rings. The molecule has 1 heterocycles. The number of benzene rings is 3. The Morgan fingerprint density at radius 3 is 2.66 bits per heavy atom. The zero-order valence-electron chi connectivity index (χ0n) is 22.2. The molecular formula is C31H37N3O4. The zero-order chi connectivity index (χ0) is 26.7. The molecular weight excluding hydrogens is 478 g/mol. The van der Waals surface area contributed by atoms with Crippen LogP contribution in [0.25, 0.3) is 0 Å². The molecule has 3 aromatic carbocycles. The van der Waals surface area contributed by atoms with Crippen LogP contribution in [0.2, 0.25) is 0 Å². The number of ether oxygens (including phenoxy) is 3. The van der Waals surface area contributed by atoms with Gasteiger partial charge in [0.05, 0.1) is 30.0 Å². The van der Waals surface area contributed by atoms with E-state index >= 15 is 0 Å². The lowest BCUT2D eigenvalue weighted by Gasteiger charge is -2.32. The SMILES string of the molecule is CCc1ccc(Oc2ccc([C@H]3CCNCC3OCc3ccc(O)c(NCCCOC)c3)cc2)cc1C#N. The van der Waals surface area contributed by atoms with E-state index in [-0.39, 0.29) is 17.8 Å². The summed E-state index contributed by atoms with van der Waals surface area (Å²) in [7, 11) is 1.68. The highest BCUT2D eigenvalue weighted by Gasteiger charge is 2.27. The summed E-state index contributed by atoms with van der Waals surface area (Å²) in [6.45, 7) is 5.63. The van der Waals surface area contributed by atoms with E-state index in [1.807, 2.05) is 43.3 Å². The average molecular weight is 516 g/mol. The first-order valence-corrected chi connectivity index (χ1v) is 13.3. The number of aryl methyl sites for hydroxylation is 1. The van der Waals surface area contributed by atoms with Crippen molar-refractivity contribution in [2.75, 3.05) is 38.7 Å². The molecule has 3 N–H and O–H groups in total. The number of hydrogen-bond donors (Lipinski definition) is 3. The highest BCUT2D eigenvalue weighted by molar-refractivity contribution is 5.57. The number of phenolic OH excluding ortho intramolecular Hbond substituents is 1. The van der Waals surface area contributed by atoms with E-state index in [9.17, 15) is 10.4 Å². The van der Waals surface area contributed by atoms with Gasteiger partial charge in [0, 0.05) is 32.7 Å². The Balaban J connectivity index is 1.38. The van der Waals surface area contributed by atoms with Crippen LogP contribution in [0.15, 0.2) is 60.7 Å². The third kappa shape index (κ3) is 7.26. The van der Waals surface area contributed by atoms with Gasteiger partial charge in [-0.3, -0.25) is 0 Å². The number of nitrogens with one attached hydrogen (secondary N) is 2. The largest absolute Gasteiger partial charge is 0.506 e. The van der Waals surface area contributed by atoms with Crippen molar-refractivity contribution in [2.24, 2.45) is 0 Å². The molecule has 38 heavy (non-hydrogen) atoms. The van der Waals surface area contributed by atoms with Crippen LogP contribution in [-0.2, 0) is 22.5 Å². The van der Waals surface area contributed by atoms with Crippen LogP contribution in [0.5, 0.6) is 17.2 Å². The molecule has 0 spiro atoms. The van der Waals surface area contributed by atoms with Crippen molar-refractivity contribution in [1.82, 2.24) is 5.32 Å². The van der Waals surface area contributed by atoms with E-state index in [0.717, 1.165) is 55.8 Å². The van der Waals surface area contributed by atoms with Crippen LogP contribution in [0.3, 0.4) is 0 Å². The molecule has 2 atom stereocenters. The van der Waals surface area contributed by atoms with Crippen LogP contribution in [0.1, 0.15) is 47.9 Å². The van der Waals surface area contributed by atoms with Gasteiger partial charge in [0.25, 0.3) is 0 Å². The summed E-state index contributed by atoms with van der Waals surface area (Å²) in [6, 6.07) is 21.7. The molecule has 1 unspecified atom stereocenters. The molecule has 1 aliphatic heterocycles. The van der Waals surface area contributed by atoms with E-state index in [1.54, 1.807) is 19.2 Å². The van der Waals surface area contributed by atoms with E-state index in [0.29, 0.717) is 30.2 Å². The van der Waals surface area contributed by atoms with Crippen molar-refractivity contribution in [3.63, 3.8) is 0 Å². The summed E-state index contributed by atoms with van der Waals surface area (Å²) in [4.78, 5) is 0. The smallest absolute Gasteiger partial charge is 0.138 e. The Morgan fingerprint density at radius 1 is 1.08 bits per heavy atom. The van der Waals surface area contributed by atoms with E-state index in [2.05, 4.69) is 28.8 Å². The maximum absolute atomic E-state index is 10.2. The first-order chi connectivity index (χ1) is 18.6. The number of methoxy groups -OCH3 is 1.